The van der Waals surface area contributed by atoms with Crippen LogP contribution in [-0.2, 0) is 6.61 Å². The molecular weight excluding hydrogens is 248 g/mol. The fraction of sp³-hybridized carbons (Fsp3) is 0.333. The number of aryl methyl sites for hydroxylation is 3. The number of aliphatic hydroxyl groups excluding tert-OH is 1. The number of benzene rings is 2. The summed E-state index contributed by atoms with van der Waals surface area (Å²) in [6.07, 6.45) is -0.524. The second kappa shape index (κ2) is 6.10. The van der Waals surface area contributed by atoms with E-state index in [1.165, 1.54) is 16.7 Å². The first-order valence-electron chi connectivity index (χ1n) is 6.95. The number of aliphatic hydroxyl groups is 1. The minimum atomic E-state index is -0.524. The monoisotopic (exact) mass is 270 g/mol. The Morgan fingerprint density at radius 3 is 2.35 bits per heavy atom. The van der Waals surface area contributed by atoms with Gasteiger partial charge in [-0.2, -0.15) is 0 Å². The van der Waals surface area contributed by atoms with Crippen LogP contribution in [-0.4, -0.2) is 5.11 Å². The van der Waals surface area contributed by atoms with Crippen molar-refractivity contribution in [1.82, 2.24) is 0 Å². The van der Waals surface area contributed by atoms with Gasteiger partial charge in [-0.25, -0.2) is 0 Å². The molecule has 2 aromatic rings. The second-order valence-electron chi connectivity index (χ2n) is 5.44. The lowest BCUT2D eigenvalue weighted by molar-refractivity contribution is 0.190. The van der Waals surface area contributed by atoms with E-state index < -0.39 is 6.10 Å². The molecule has 2 rings (SSSR count). The molecule has 0 spiro atoms. The Morgan fingerprint density at radius 2 is 1.65 bits per heavy atom. The van der Waals surface area contributed by atoms with Crippen LogP contribution >= 0.6 is 0 Å². The van der Waals surface area contributed by atoms with Crippen molar-refractivity contribution in [3.63, 3.8) is 0 Å². The smallest absolute Gasteiger partial charge is 0.125 e. The van der Waals surface area contributed by atoms with Crippen molar-refractivity contribution < 1.29 is 9.84 Å². The molecule has 0 aliphatic carbocycles. The van der Waals surface area contributed by atoms with E-state index in [1.807, 2.05) is 25.1 Å². The Bertz CT molecular complexity index is 600. The SMILES string of the molecule is Cc1ccc(C)c(COc2cc(C)ccc2C(C)O)c1. The van der Waals surface area contributed by atoms with Crippen molar-refractivity contribution in [2.24, 2.45) is 0 Å². The van der Waals surface area contributed by atoms with Gasteiger partial charge in [0.1, 0.15) is 12.4 Å². The highest BCUT2D eigenvalue weighted by Gasteiger charge is 2.10. The summed E-state index contributed by atoms with van der Waals surface area (Å²) < 4.78 is 5.94. The average molecular weight is 270 g/mol. The van der Waals surface area contributed by atoms with E-state index in [0.29, 0.717) is 6.61 Å². The summed E-state index contributed by atoms with van der Waals surface area (Å²) in [5.41, 5.74) is 5.60. The summed E-state index contributed by atoms with van der Waals surface area (Å²) in [6, 6.07) is 12.3. The maximum absolute atomic E-state index is 9.81. The number of hydrogen-bond acceptors (Lipinski definition) is 2. The first-order chi connectivity index (χ1) is 9.47. The summed E-state index contributed by atoms with van der Waals surface area (Å²) in [5, 5.41) is 9.81. The highest BCUT2D eigenvalue weighted by atomic mass is 16.5. The van der Waals surface area contributed by atoms with Crippen molar-refractivity contribution in [1.29, 1.82) is 0 Å². The third kappa shape index (κ3) is 3.40. The normalized spacial score (nSPS) is 12.2. The Hall–Kier alpha value is -1.80. The molecule has 0 saturated carbocycles. The average Bonchev–Trinajstić information content (AvgIpc) is 2.39. The molecule has 0 heterocycles. The fourth-order valence-electron chi connectivity index (χ4n) is 2.22. The molecule has 0 amide bonds. The molecule has 20 heavy (non-hydrogen) atoms. The predicted octanol–water partition coefficient (Wildman–Crippen LogP) is 4.24. The van der Waals surface area contributed by atoms with E-state index >= 15 is 0 Å². The van der Waals surface area contributed by atoms with Gasteiger partial charge in [0.05, 0.1) is 6.10 Å². The van der Waals surface area contributed by atoms with Crippen molar-refractivity contribution >= 4 is 0 Å². The minimum absolute atomic E-state index is 0.524. The third-order valence-corrected chi connectivity index (χ3v) is 3.51. The lowest BCUT2D eigenvalue weighted by atomic mass is 10.1. The Labute approximate surface area is 121 Å². The van der Waals surface area contributed by atoms with Gasteiger partial charge in [0.25, 0.3) is 0 Å². The quantitative estimate of drug-likeness (QED) is 0.900. The molecule has 0 fully saturated rings. The van der Waals surface area contributed by atoms with Gasteiger partial charge in [0.15, 0.2) is 0 Å². The minimum Gasteiger partial charge on any atom is -0.489 e. The van der Waals surface area contributed by atoms with Crippen LogP contribution in [0, 0.1) is 20.8 Å². The standard InChI is InChI=1S/C18H22O2/c1-12-5-7-14(3)16(9-12)11-20-18-10-13(2)6-8-17(18)15(4)19/h5-10,15,19H,11H2,1-4H3. The molecule has 2 heteroatoms. The molecule has 1 unspecified atom stereocenters. The Morgan fingerprint density at radius 1 is 1.00 bits per heavy atom. The Kier molecular flexibility index (Phi) is 4.46. The van der Waals surface area contributed by atoms with Crippen molar-refractivity contribution in [2.75, 3.05) is 0 Å². The van der Waals surface area contributed by atoms with E-state index in [2.05, 4.69) is 32.0 Å². The molecule has 0 radical (unpaired) electrons. The largest absolute Gasteiger partial charge is 0.489 e. The van der Waals surface area contributed by atoms with Crippen LogP contribution in [0.15, 0.2) is 36.4 Å². The van der Waals surface area contributed by atoms with Crippen LogP contribution in [0.5, 0.6) is 5.75 Å². The lowest BCUT2D eigenvalue weighted by Crippen LogP contribution is -2.03. The van der Waals surface area contributed by atoms with E-state index in [-0.39, 0.29) is 0 Å². The second-order valence-corrected chi connectivity index (χ2v) is 5.44. The van der Waals surface area contributed by atoms with Crippen LogP contribution in [0.3, 0.4) is 0 Å². The summed E-state index contributed by atoms with van der Waals surface area (Å²) >= 11 is 0. The van der Waals surface area contributed by atoms with Crippen LogP contribution in [0.2, 0.25) is 0 Å². The topological polar surface area (TPSA) is 29.5 Å². The van der Waals surface area contributed by atoms with Gasteiger partial charge in [0, 0.05) is 5.56 Å². The fourth-order valence-corrected chi connectivity index (χ4v) is 2.22. The number of hydrogen-bond donors (Lipinski definition) is 1. The maximum atomic E-state index is 9.81. The maximum Gasteiger partial charge on any atom is 0.125 e. The molecule has 0 aliphatic rings. The van der Waals surface area contributed by atoms with Gasteiger partial charge >= 0.3 is 0 Å². The number of ether oxygens (including phenoxy) is 1. The molecule has 0 aliphatic heterocycles. The summed E-state index contributed by atoms with van der Waals surface area (Å²) in [6.45, 7) is 8.48. The highest BCUT2D eigenvalue weighted by molar-refractivity contribution is 5.39. The third-order valence-electron chi connectivity index (χ3n) is 3.51. The molecule has 0 bridgehead atoms. The van der Waals surface area contributed by atoms with Crippen LogP contribution in [0.1, 0.15) is 40.8 Å². The zero-order valence-electron chi connectivity index (χ0n) is 12.6. The summed E-state index contributed by atoms with van der Waals surface area (Å²) in [7, 11) is 0. The molecular formula is C18H22O2. The molecule has 0 aromatic heterocycles. The predicted molar refractivity (Wildman–Crippen MR) is 82.1 cm³/mol. The summed E-state index contributed by atoms with van der Waals surface area (Å²) in [5.74, 6) is 0.765. The summed E-state index contributed by atoms with van der Waals surface area (Å²) in [4.78, 5) is 0. The molecule has 0 saturated heterocycles. The number of rotatable bonds is 4. The van der Waals surface area contributed by atoms with E-state index in [9.17, 15) is 5.11 Å². The van der Waals surface area contributed by atoms with Crippen molar-refractivity contribution in [3.8, 4) is 5.75 Å². The van der Waals surface area contributed by atoms with E-state index in [4.69, 9.17) is 4.74 Å². The molecule has 2 aromatic carbocycles. The zero-order chi connectivity index (χ0) is 14.7. The van der Waals surface area contributed by atoms with Gasteiger partial charge in [0.2, 0.25) is 0 Å². The van der Waals surface area contributed by atoms with Crippen LogP contribution < -0.4 is 4.74 Å². The zero-order valence-corrected chi connectivity index (χ0v) is 12.6. The van der Waals surface area contributed by atoms with E-state index in [0.717, 1.165) is 16.9 Å². The van der Waals surface area contributed by atoms with Gasteiger partial charge in [-0.1, -0.05) is 35.9 Å². The molecule has 1 N–H and O–H groups in total. The molecule has 106 valence electrons. The van der Waals surface area contributed by atoms with Crippen LogP contribution in [0.4, 0.5) is 0 Å². The molecule has 1 atom stereocenters. The lowest BCUT2D eigenvalue weighted by Gasteiger charge is -2.15. The Balaban J connectivity index is 2.22. The molecule has 2 nitrogen and oxygen atoms in total. The van der Waals surface area contributed by atoms with Crippen molar-refractivity contribution in [2.45, 2.75) is 40.4 Å². The van der Waals surface area contributed by atoms with Gasteiger partial charge in [-0.15, -0.1) is 0 Å². The van der Waals surface area contributed by atoms with Gasteiger partial charge < -0.3 is 9.84 Å². The van der Waals surface area contributed by atoms with Crippen LogP contribution in [0.25, 0.3) is 0 Å². The van der Waals surface area contributed by atoms with Crippen molar-refractivity contribution in [3.05, 3.63) is 64.2 Å². The highest BCUT2D eigenvalue weighted by Crippen LogP contribution is 2.27. The first kappa shape index (κ1) is 14.6. The van der Waals surface area contributed by atoms with E-state index in [1.54, 1.807) is 6.92 Å². The van der Waals surface area contributed by atoms with Gasteiger partial charge in [-0.05, 0) is 50.5 Å². The first-order valence-corrected chi connectivity index (χ1v) is 6.95. The van der Waals surface area contributed by atoms with Gasteiger partial charge in [-0.3, -0.25) is 0 Å².